The highest BCUT2D eigenvalue weighted by Crippen LogP contribution is 2.63. The Balaban J connectivity index is 1.60. The molecule has 2 spiro atoms. The molecule has 23 heavy (non-hydrogen) atoms. The quantitative estimate of drug-likeness (QED) is 0.701. The standard InChI is InChI=1S/C21H26O2/c1-2-8-16(9-3-1)14-19-20-12-6-4-10-17(20)15-18-11-5-7-13-21(18,22-19)23-20/h1-3,8-9,14,17-18H,4-7,10-13,15H2/b19-14-/t17-,18-,20-,21+/m0/s1. The lowest BCUT2D eigenvalue weighted by Gasteiger charge is -2.50. The molecule has 2 nitrogen and oxygen atoms in total. The van der Waals surface area contributed by atoms with Crippen LogP contribution in [0, 0.1) is 11.8 Å². The van der Waals surface area contributed by atoms with Gasteiger partial charge >= 0.3 is 0 Å². The van der Waals surface area contributed by atoms with Gasteiger partial charge in [-0.3, -0.25) is 0 Å². The van der Waals surface area contributed by atoms with Gasteiger partial charge < -0.3 is 9.47 Å². The van der Waals surface area contributed by atoms with Crippen LogP contribution < -0.4 is 0 Å². The molecule has 2 saturated heterocycles. The van der Waals surface area contributed by atoms with Crippen molar-refractivity contribution in [2.45, 2.75) is 69.2 Å². The molecule has 0 aromatic heterocycles. The van der Waals surface area contributed by atoms with Crippen LogP contribution in [-0.4, -0.2) is 11.4 Å². The molecule has 122 valence electrons. The van der Waals surface area contributed by atoms with E-state index in [2.05, 4.69) is 36.4 Å². The highest BCUT2D eigenvalue weighted by Gasteiger charge is 2.66. The Morgan fingerprint density at radius 2 is 1.70 bits per heavy atom. The topological polar surface area (TPSA) is 18.5 Å². The molecule has 1 aromatic rings. The highest BCUT2D eigenvalue weighted by molar-refractivity contribution is 5.54. The Morgan fingerprint density at radius 3 is 2.57 bits per heavy atom. The number of ether oxygens (including phenoxy) is 2. The Labute approximate surface area is 138 Å². The first kappa shape index (κ1) is 14.1. The van der Waals surface area contributed by atoms with Crippen LogP contribution >= 0.6 is 0 Å². The zero-order chi connectivity index (χ0) is 15.3. The molecule has 2 heteroatoms. The lowest BCUT2D eigenvalue weighted by atomic mass is 9.65. The minimum atomic E-state index is -0.299. The third-order valence-corrected chi connectivity index (χ3v) is 6.68. The van der Waals surface area contributed by atoms with Crippen LogP contribution in [0.4, 0.5) is 0 Å². The fourth-order valence-electron chi connectivity index (χ4n) is 5.58. The molecule has 4 aliphatic rings. The summed E-state index contributed by atoms with van der Waals surface area (Å²) in [5.41, 5.74) is 1.11. The number of hydrogen-bond acceptors (Lipinski definition) is 2. The third kappa shape index (κ3) is 2.04. The summed E-state index contributed by atoms with van der Waals surface area (Å²) in [7, 11) is 0. The number of benzene rings is 1. The summed E-state index contributed by atoms with van der Waals surface area (Å²) in [6.45, 7) is 0. The van der Waals surface area contributed by atoms with Gasteiger partial charge in [-0.15, -0.1) is 0 Å². The van der Waals surface area contributed by atoms with Crippen molar-refractivity contribution in [3.63, 3.8) is 0 Å². The van der Waals surface area contributed by atoms with Crippen molar-refractivity contribution >= 4 is 6.08 Å². The van der Waals surface area contributed by atoms with Gasteiger partial charge in [0.15, 0.2) is 0 Å². The van der Waals surface area contributed by atoms with Gasteiger partial charge in [-0.25, -0.2) is 0 Å². The first-order valence-corrected chi connectivity index (χ1v) is 9.47. The zero-order valence-electron chi connectivity index (χ0n) is 13.8. The van der Waals surface area contributed by atoms with E-state index in [1.165, 1.54) is 50.5 Å². The van der Waals surface area contributed by atoms with Gasteiger partial charge in [0, 0.05) is 12.3 Å². The smallest absolute Gasteiger partial charge is 0.214 e. The average molecular weight is 310 g/mol. The first-order chi connectivity index (χ1) is 11.3. The van der Waals surface area contributed by atoms with E-state index in [-0.39, 0.29) is 11.4 Å². The van der Waals surface area contributed by atoms with Gasteiger partial charge in [0.1, 0.15) is 11.4 Å². The third-order valence-electron chi connectivity index (χ3n) is 6.68. The molecule has 1 aromatic carbocycles. The van der Waals surface area contributed by atoms with E-state index in [9.17, 15) is 0 Å². The number of rotatable bonds is 1. The fourth-order valence-corrected chi connectivity index (χ4v) is 5.58. The lowest BCUT2D eigenvalue weighted by molar-refractivity contribution is -0.277. The van der Waals surface area contributed by atoms with E-state index in [1.54, 1.807) is 0 Å². The van der Waals surface area contributed by atoms with Crippen LogP contribution in [0.1, 0.15) is 63.4 Å². The van der Waals surface area contributed by atoms with Crippen molar-refractivity contribution < 1.29 is 9.47 Å². The second kappa shape index (κ2) is 5.11. The van der Waals surface area contributed by atoms with Crippen LogP contribution in [0.2, 0.25) is 0 Å². The minimum absolute atomic E-state index is 0.123. The van der Waals surface area contributed by atoms with Gasteiger partial charge in [0.2, 0.25) is 5.79 Å². The number of hydrogen-bond donors (Lipinski definition) is 0. The molecular weight excluding hydrogens is 284 g/mol. The fraction of sp³-hybridized carbons (Fsp3) is 0.619. The normalized spacial score (nSPS) is 43.6. The van der Waals surface area contributed by atoms with Crippen molar-refractivity contribution in [2.24, 2.45) is 11.8 Å². The second-order valence-corrected chi connectivity index (χ2v) is 7.95. The molecule has 2 saturated carbocycles. The van der Waals surface area contributed by atoms with Gasteiger partial charge in [-0.2, -0.15) is 0 Å². The van der Waals surface area contributed by atoms with Crippen molar-refractivity contribution in [2.75, 3.05) is 0 Å². The first-order valence-electron chi connectivity index (χ1n) is 9.47. The summed E-state index contributed by atoms with van der Waals surface area (Å²) >= 11 is 0. The predicted octanol–water partition coefficient (Wildman–Crippen LogP) is 5.29. The van der Waals surface area contributed by atoms with Crippen LogP contribution in [0.5, 0.6) is 0 Å². The van der Waals surface area contributed by atoms with Gasteiger partial charge in [-0.05, 0) is 49.7 Å². The van der Waals surface area contributed by atoms with E-state index in [0.717, 1.165) is 18.6 Å². The highest BCUT2D eigenvalue weighted by atomic mass is 16.8. The summed E-state index contributed by atoms with van der Waals surface area (Å²) < 4.78 is 13.6. The molecule has 0 amide bonds. The monoisotopic (exact) mass is 310 g/mol. The van der Waals surface area contributed by atoms with E-state index < -0.39 is 0 Å². The Kier molecular flexibility index (Phi) is 3.13. The molecular formula is C21H26O2. The van der Waals surface area contributed by atoms with Crippen molar-refractivity contribution in [3.05, 3.63) is 41.7 Å². The molecule has 0 N–H and O–H groups in total. The largest absolute Gasteiger partial charge is 0.463 e. The van der Waals surface area contributed by atoms with E-state index in [0.29, 0.717) is 11.8 Å². The molecule has 5 rings (SSSR count). The Morgan fingerprint density at radius 1 is 0.913 bits per heavy atom. The van der Waals surface area contributed by atoms with Gasteiger partial charge in [0.05, 0.1) is 0 Å². The van der Waals surface area contributed by atoms with E-state index in [4.69, 9.17) is 9.47 Å². The lowest BCUT2D eigenvalue weighted by Crippen LogP contribution is -2.54. The maximum atomic E-state index is 6.87. The van der Waals surface area contributed by atoms with Crippen molar-refractivity contribution in [1.82, 2.24) is 0 Å². The molecule has 0 radical (unpaired) electrons. The molecule has 2 bridgehead atoms. The summed E-state index contributed by atoms with van der Waals surface area (Å²) in [4.78, 5) is 0. The van der Waals surface area contributed by atoms with Crippen LogP contribution in [0.25, 0.3) is 6.08 Å². The summed E-state index contributed by atoms with van der Waals surface area (Å²) in [5, 5.41) is 0. The Hall–Kier alpha value is -1.28. The SMILES string of the molecule is C(=C1/O[C@@]23CCCC[C@H]2C[C@@H]2CCCC[C@@]12O3)/c1ccccc1. The maximum absolute atomic E-state index is 6.87. The van der Waals surface area contributed by atoms with Gasteiger partial charge in [-0.1, -0.05) is 49.6 Å². The summed E-state index contributed by atoms with van der Waals surface area (Å²) in [6, 6.07) is 10.6. The molecule has 4 fully saturated rings. The van der Waals surface area contributed by atoms with E-state index >= 15 is 0 Å². The average Bonchev–Trinajstić information content (AvgIpc) is 2.82. The van der Waals surface area contributed by atoms with Crippen molar-refractivity contribution in [1.29, 1.82) is 0 Å². The molecule has 4 atom stereocenters. The molecule has 0 unspecified atom stereocenters. The van der Waals surface area contributed by atoms with Crippen molar-refractivity contribution in [3.8, 4) is 0 Å². The van der Waals surface area contributed by atoms with Crippen LogP contribution in [0.15, 0.2) is 36.1 Å². The predicted molar refractivity (Wildman–Crippen MR) is 90.6 cm³/mol. The maximum Gasteiger partial charge on any atom is 0.214 e. The zero-order valence-corrected chi connectivity index (χ0v) is 13.8. The Bertz CT molecular complexity index is 622. The summed E-state index contributed by atoms with van der Waals surface area (Å²) in [6.07, 6.45) is 13.6. The molecule has 2 aliphatic carbocycles. The van der Waals surface area contributed by atoms with E-state index in [1.807, 2.05) is 0 Å². The summed E-state index contributed by atoms with van der Waals surface area (Å²) in [5.74, 6) is 2.10. The second-order valence-electron chi connectivity index (χ2n) is 7.95. The minimum Gasteiger partial charge on any atom is -0.463 e. The molecule has 2 aliphatic heterocycles. The molecule has 2 heterocycles. The van der Waals surface area contributed by atoms with Gasteiger partial charge in [0.25, 0.3) is 0 Å². The van der Waals surface area contributed by atoms with Crippen LogP contribution in [0.3, 0.4) is 0 Å². The van der Waals surface area contributed by atoms with Crippen LogP contribution in [-0.2, 0) is 9.47 Å².